The molecule has 11 rings (SSSR count). The van der Waals surface area contributed by atoms with Gasteiger partial charge in [-0.05, 0) is 98.1 Å². The van der Waals surface area contributed by atoms with Gasteiger partial charge in [0.05, 0.1) is 11.4 Å². The lowest BCUT2D eigenvalue weighted by atomic mass is 9.82. The topological polar surface area (TPSA) is 25.8 Å². The van der Waals surface area contributed by atoms with E-state index in [-0.39, 0.29) is 5.41 Å². The van der Waals surface area contributed by atoms with Crippen molar-refractivity contribution in [3.63, 3.8) is 0 Å². The molecule has 0 radical (unpaired) electrons. The molecule has 0 fully saturated rings. The van der Waals surface area contributed by atoms with Gasteiger partial charge in [0.2, 0.25) is 0 Å². The summed E-state index contributed by atoms with van der Waals surface area (Å²) >= 11 is 1.85. The van der Waals surface area contributed by atoms with Crippen LogP contribution in [0.25, 0.3) is 98.6 Å². The van der Waals surface area contributed by atoms with Crippen molar-refractivity contribution in [1.82, 2.24) is 9.97 Å². The van der Waals surface area contributed by atoms with Crippen molar-refractivity contribution in [2.24, 2.45) is 0 Å². The Hall–Kier alpha value is -6.94. The number of hydrogen-bond donors (Lipinski definition) is 0. The third kappa shape index (κ3) is 5.78. The fraction of sp³-hybridized carbons (Fsp3) is 0.0545. The molecule has 0 aliphatic heterocycles. The van der Waals surface area contributed by atoms with Gasteiger partial charge in [0.15, 0.2) is 5.82 Å². The third-order valence-corrected chi connectivity index (χ3v) is 13.0. The summed E-state index contributed by atoms with van der Waals surface area (Å²) in [5.74, 6) is 0.709. The van der Waals surface area contributed by atoms with Crippen LogP contribution in [0, 0.1) is 0 Å². The van der Waals surface area contributed by atoms with Gasteiger partial charge < -0.3 is 0 Å². The fourth-order valence-electron chi connectivity index (χ4n) is 8.92. The molecular weight excluding hydrogens is 721 g/mol. The van der Waals surface area contributed by atoms with Crippen molar-refractivity contribution in [3.8, 4) is 78.4 Å². The summed E-state index contributed by atoms with van der Waals surface area (Å²) in [6.07, 6.45) is 0. The van der Waals surface area contributed by atoms with Gasteiger partial charge >= 0.3 is 0 Å². The maximum Gasteiger partial charge on any atom is 0.160 e. The molecule has 1 aliphatic rings. The Bertz CT molecular complexity index is 3180. The van der Waals surface area contributed by atoms with Gasteiger partial charge in [-0.1, -0.05) is 166 Å². The van der Waals surface area contributed by atoms with E-state index in [9.17, 15) is 0 Å². The highest BCUT2D eigenvalue weighted by molar-refractivity contribution is 7.25. The van der Waals surface area contributed by atoms with E-state index >= 15 is 0 Å². The Labute approximate surface area is 342 Å². The first-order chi connectivity index (χ1) is 28.5. The Morgan fingerprint density at radius 2 is 0.914 bits per heavy atom. The quantitative estimate of drug-likeness (QED) is 0.169. The first-order valence-corrected chi connectivity index (χ1v) is 20.7. The molecule has 2 heterocycles. The summed E-state index contributed by atoms with van der Waals surface area (Å²) in [5.41, 5.74) is 17.2. The predicted octanol–water partition coefficient (Wildman–Crippen LogP) is 15.2. The van der Waals surface area contributed by atoms with Crippen LogP contribution >= 0.6 is 11.3 Å². The van der Waals surface area contributed by atoms with Crippen molar-refractivity contribution < 1.29 is 0 Å². The summed E-state index contributed by atoms with van der Waals surface area (Å²) in [7, 11) is 0. The largest absolute Gasteiger partial charge is 0.228 e. The number of fused-ring (bicyclic) bond motifs is 6. The number of nitrogens with zero attached hydrogens (tertiary/aromatic N) is 2. The molecule has 3 heteroatoms. The second kappa shape index (κ2) is 13.6. The van der Waals surface area contributed by atoms with E-state index < -0.39 is 0 Å². The van der Waals surface area contributed by atoms with Crippen LogP contribution < -0.4 is 0 Å². The summed E-state index contributed by atoms with van der Waals surface area (Å²) in [6, 6.07) is 70.2. The standard InChI is InChI=1S/C55H38N2S/c1-55(2)47-21-11-9-18-44(47)45-29-28-39(33-48(45)55)49-34-50(57-54(56-49)38-16-7-4-8-17-38)42-31-40(37-26-24-36(25-27-37)35-14-5-3-6-15-35)30-41(32-42)43-20-13-23-52-53(43)46-19-10-12-22-51(46)58-52/h3-34H,1-2H3. The average molecular weight is 759 g/mol. The van der Waals surface area contributed by atoms with E-state index in [1.165, 1.54) is 59.1 Å². The second-order valence-corrected chi connectivity index (χ2v) is 16.9. The van der Waals surface area contributed by atoms with Crippen LogP contribution in [0.2, 0.25) is 0 Å². The van der Waals surface area contributed by atoms with Crippen molar-refractivity contribution in [2.75, 3.05) is 0 Å². The summed E-state index contributed by atoms with van der Waals surface area (Å²) in [6.45, 7) is 4.66. The van der Waals surface area contributed by atoms with E-state index in [0.29, 0.717) is 5.82 Å². The van der Waals surface area contributed by atoms with Crippen LogP contribution in [0.4, 0.5) is 0 Å². The van der Waals surface area contributed by atoms with Gasteiger partial charge in [-0.2, -0.15) is 0 Å². The first kappa shape index (κ1) is 34.3. The second-order valence-electron chi connectivity index (χ2n) is 15.8. The van der Waals surface area contributed by atoms with E-state index in [0.717, 1.165) is 44.8 Å². The average Bonchev–Trinajstić information content (AvgIpc) is 3.78. The van der Waals surface area contributed by atoms with Gasteiger partial charge in [0.1, 0.15) is 0 Å². The molecule has 0 N–H and O–H groups in total. The molecule has 0 spiro atoms. The van der Waals surface area contributed by atoms with Crippen molar-refractivity contribution in [1.29, 1.82) is 0 Å². The number of hydrogen-bond acceptors (Lipinski definition) is 3. The normalized spacial score (nSPS) is 12.8. The van der Waals surface area contributed by atoms with Crippen LogP contribution in [-0.2, 0) is 5.41 Å². The van der Waals surface area contributed by atoms with Crippen LogP contribution in [0.1, 0.15) is 25.0 Å². The zero-order valence-corrected chi connectivity index (χ0v) is 33.1. The molecule has 0 saturated heterocycles. The van der Waals surface area contributed by atoms with E-state index in [1.54, 1.807) is 0 Å². The SMILES string of the molecule is CC1(C)c2ccccc2-c2ccc(-c3cc(-c4cc(-c5ccc(-c6ccccc6)cc5)cc(-c5cccc6sc7ccccc7c56)c4)nc(-c4ccccc4)n3)cc21. The van der Waals surface area contributed by atoms with Crippen LogP contribution in [0.15, 0.2) is 194 Å². The summed E-state index contributed by atoms with van der Waals surface area (Å²) in [5, 5.41) is 2.58. The maximum absolute atomic E-state index is 5.35. The zero-order valence-electron chi connectivity index (χ0n) is 32.3. The van der Waals surface area contributed by atoms with E-state index in [4.69, 9.17) is 9.97 Å². The van der Waals surface area contributed by atoms with E-state index in [1.807, 2.05) is 17.4 Å². The van der Waals surface area contributed by atoms with Crippen molar-refractivity contribution in [2.45, 2.75) is 19.3 Å². The highest BCUT2D eigenvalue weighted by Gasteiger charge is 2.35. The predicted molar refractivity (Wildman–Crippen MR) is 245 cm³/mol. The minimum atomic E-state index is -0.119. The van der Waals surface area contributed by atoms with Crippen LogP contribution in [0.5, 0.6) is 0 Å². The fourth-order valence-corrected chi connectivity index (χ4v) is 10.1. The smallest absolute Gasteiger partial charge is 0.160 e. The number of aromatic nitrogens is 2. The van der Waals surface area contributed by atoms with Gasteiger partial charge in [0.25, 0.3) is 0 Å². The monoisotopic (exact) mass is 758 g/mol. The Morgan fingerprint density at radius 3 is 1.71 bits per heavy atom. The van der Waals surface area contributed by atoms with E-state index in [2.05, 4.69) is 202 Å². The molecule has 0 unspecified atom stereocenters. The molecule has 8 aromatic carbocycles. The lowest BCUT2D eigenvalue weighted by Gasteiger charge is -2.22. The van der Waals surface area contributed by atoms with Crippen molar-refractivity contribution >= 4 is 31.5 Å². The number of benzene rings is 8. The van der Waals surface area contributed by atoms with Gasteiger partial charge in [-0.3, -0.25) is 0 Å². The van der Waals surface area contributed by atoms with Gasteiger partial charge in [-0.15, -0.1) is 11.3 Å². The molecule has 58 heavy (non-hydrogen) atoms. The Balaban J connectivity index is 1.12. The molecule has 1 aliphatic carbocycles. The number of thiophene rings is 1. The highest BCUT2D eigenvalue weighted by atomic mass is 32.1. The van der Waals surface area contributed by atoms with Crippen LogP contribution in [-0.4, -0.2) is 9.97 Å². The molecule has 10 aromatic rings. The molecule has 0 atom stereocenters. The Kier molecular flexibility index (Phi) is 8.06. The first-order valence-electron chi connectivity index (χ1n) is 19.9. The summed E-state index contributed by atoms with van der Waals surface area (Å²) < 4.78 is 2.58. The lowest BCUT2D eigenvalue weighted by molar-refractivity contribution is 0.660. The molecular formula is C55H38N2S. The molecule has 0 bridgehead atoms. The molecule has 0 amide bonds. The summed E-state index contributed by atoms with van der Waals surface area (Å²) in [4.78, 5) is 10.6. The van der Waals surface area contributed by atoms with Gasteiger partial charge in [0, 0.05) is 42.3 Å². The minimum absolute atomic E-state index is 0.119. The van der Waals surface area contributed by atoms with Crippen LogP contribution in [0.3, 0.4) is 0 Å². The third-order valence-electron chi connectivity index (χ3n) is 11.9. The minimum Gasteiger partial charge on any atom is -0.228 e. The van der Waals surface area contributed by atoms with Gasteiger partial charge in [-0.25, -0.2) is 9.97 Å². The maximum atomic E-state index is 5.35. The zero-order chi connectivity index (χ0) is 38.8. The molecule has 2 nitrogen and oxygen atoms in total. The lowest BCUT2D eigenvalue weighted by Crippen LogP contribution is -2.14. The molecule has 274 valence electrons. The Morgan fingerprint density at radius 1 is 0.362 bits per heavy atom. The highest BCUT2D eigenvalue weighted by Crippen LogP contribution is 2.50. The molecule has 0 saturated carbocycles. The molecule has 2 aromatic heterocycles. The van der Waals surface area contributed by atoms with Crippen molar-refractivity contribution in [3.05, 3.63) is 205 Å². The number of rotatable bonds is 6.